The third-order valence-corrected chi connectivity index (χ3v) is 9.70. The van der Waals surface area contributed by atoms with Crippen molar-refractivity contribution in [1.82, 2.24) is 10.2 Å². The normalized spacial score (nSPS) is 27.6. The molecule has 0 aliphatic carbocycles. The van der Waals surface area contributed by atoms with Gasteiger partial charge in [0.15, 0.2) is 5.54 Å². The lowest BCUT2D eigenvalue weighted by atomic mass is 9.96. The van der Waals surface area contributed by atoms with Crippen LogP contribution in [0.15, 0.2) is 30.3 Å². The monoisotopic (exact) mass is 466 g/mol. The molecule has 1 aromatic rings. The van der Waals surface area contributed by atoms with Gasteiger partial charge in [0.1, 0.15) is 6.61 Å². The minimum Gasteiger partial charge on any atom is -0.459 e. The van der Waals surface area contributed by atoms with E-state index in [9.17, 15) is 9.59 Å². The van der Waals surface area contributed by atoms with Gasteiger partial charge >= 0.3 is 5.97 Å². The second-order valence-corrected chi connectivity index (χ2v) is 10.9. The van der Waals surface area contributed by atoms with E-state index in [-0.39, 0.29) is 29.7 Å². The van der Waals surface area contributed by atoms with E-state index in [0.29, 0.717) is 9.73 Å². The first-order valence-electron chi connectivity index (χ1n) is 9.62. The van der Waals surface area contributed by atoms with Crippen molar-refractivity contribution in [1.29, 1.82) is 0 Å². The Hall–Kier alpha value is -1.000. The molecule has 0 radical (unpaired) electrons. The van der Waals surface area contributed by atoms with E-state index < -0.39 is 11.5 Å². The van der Waals surface area contributed by atoms with Crippen LogP contribution in [0.4, 0.5) is 0 Å². The number of amides is 1. The number of thiocarbonyl (C=S) groups is 2. The number of ether oxygens (including phenoxy) is 1. The van der Waals surface area contributed by atoms with E-state index in [1.165, 1.54) is 0 Å². The lowest BCUT2D eigenvalue weighted by molar-refractivity contribution is -0.158. The van der Waals surface area contributed by atoms with Crippen LogP contribution in [0.2, 0.25) is 0 Å². The molecule has 3 aliphatic rings. The minimum absolute atomic E-state index is 0.102. The Kier molecular flexibility index (Phi) is 6.60. The Labute approximate surface area is 189 Å². The van der Waals surface area contributed by atoms with Gasteiger partial charge in [-0.05, 0) is 24.9 Å². The van der Waals surface area contributed by atoms with Gasteiger partial charge in [-0.2, -0.15) is 0 Å². The summed E-state index contributed by atoms with van der Waals surface area (Å²) in [5.74, 6) is 1.24. The summed E-state index contributed by atoms with van der Waals surface area (Å²) < 4.78 is 5.56. The molecule has 5 nitrogen and oxygen atoms in total. The Bertz CT molecular complexity index is 822. The lowest BCUT2D eigenvalue weighted by Gasteiger charge is -2.40. The second kappa shape index (κ2) is 9.01. The molecule has 1 aromatic carbocycles. The molecule has 1 N–H and O–H groups in total. The zero-order valence-electron chi connectivity index (χ0n) is 15.8. The molecule has 0 bridgehead atoms. The van der Waals surface area contributed by atoms with Crippen LogP contribution in [0.1, 0.15) is 18.4 Å². The Morgan fingerprint density at radius 3 is 2.59 bits per heavy atom. The van der Waals surface area contributed by atoms with Gasteiger partial charge < -0.3 is 15.0 Å². The number of nitrogens with zero attached hydrogens (tertiary/aromatic N) is 1. The van der Waals surface area contributed by atoms with Crippen LogP contribution in [0.3, 0.4) is 0 Å². The summed E-state index contributed by atoms with van der Waals surface area (Å²) in [5.41, 5.74) is -0.418. The fourth-order valence-corrected chi connectivity index (χ4v) is 8.11. The molecule has 4 rings (SSSR count). The van der Waals surface area contributed by atoms with Gasteiger partial charge in [-0.3, -0.25) is 4.79 Å². The van der Waals surface area contributed by atoms with Crippen molar-refractivity contribution in [2.45, 2.75) is 35.6 Å². The maximum atomic E-state index is 13.6. The standard InChI is InChI=1S/C20H22N2O3S4/c23-17(14-7-4-8-21-14)22-11-15(26)16(27)20(22,19-28-9-10-29-19)18(24)25-12-13-5-2-1-3-6-13/h1-3,5-6,14,19,21H,4,7-12H2/t14-,20+/m0/s1. The van der Waals surface area contributed by atoms with E-state index in [0.717, 1.165) is 36.5 Å². The van der Waals surface area contributed by atoms with E-state index in [4.69, 9.17) is 29.2 Å². The molecule has 2 atom stereocenters. The summed E-state index contributed by atoms with van der Waals surface area (Å²) in [7, 11) is 0. The van der Waals surface area contributed by atoms with E-state index >= 15 is 0 Å². The number of carbonyl (C=O) groups excluding carboxylic acids is 2. The molecule has 1 amide bonds. The number of rotatable bonds is 5. The third kappa shape index (κ3) is 3.87. The Morgan fingerprint density at radius 2 is 1.93 bits per heavy atom. The van der Waals surface area contributed by atoms with Gasteiger partial charge in [0, 0.05) is 11.5 Å². The number of nitrogens with one attached hydrogen (secondary N) is 1. The van der Waals surface area contributed by atoms with Crippen molar-refractivity contribution in [2.24, 2.45) is 0 Å². The largest absolute Gasteiger partial charge is 0.459 e. The maximum Gasteiger partial charge on any atom is 0.340 e. The average molecular weight is 467 g/mol. The quantitative estimate of drug-likeness (QED) is 0.525. The molecule has 3 fully saturated rings. The highest BCUT2D eigenvalue weighted by atomic mass is 32.2. The second-order valence-electron chi connectivity index (χ2n) is 7.23. The summed E-state index contributed by atoms with van der Waals surface area (Å²) in [5, 5.41) is 3.24. The minimum atomic E-state index is -1.31. The molecular weight excluding hydrogens is 444 g/mol. The van der Waals surface area contributed by atoms with Gasteiger partial charge in [-0.25, -0.2) is 4.79 Å². The molecule has 0 aromatic heterocycles. The highest BCUT2D eigenvalue weighted by Crippen LogP contribution is 2.47. The number of likely N-dealkylation sites (tertiary alicyclic amines) is 1. The van der Waals surface area contributed by atoms with Crippen molar-refractivity contribution >= 4 is 69.6 Å². The predicted octanol–water partition coefficient (Wildman–Crippen LogP) is 2.61. The number of thioether (sulfide) groups is 2. The summed E-state index contributed by atoms with van der Waals surface area (Å²) in [6, 6.07) is 9.23. The number of esters is 1. The maximum absolute atomic E-state index is 13.6. The molecule has 9 heteroatoms. The third-order valence-electron chi connectivity index (χ3n) is 5.44. The van der Waals surface area contributed by atoms with Crippen molar-refractivity contribution in [3.63, 3.8) is 0 Å². The summed E-state index contributed by atoms with van der Waals surface area (Å²) >= 11 is 14.5. The lowest BCUT2D eigenvalue weighted by Crippen LogP contribution is -2.64. The first-order valence-corrected chi connectivity index (χ1v) is 12.5. The molecule has 0 unspecified atom stereocenters. The van der Waals surface area contributed by atoms with Gasteiger partial charge in [0.05, 0.1) is 26.9 Å². The van der Waals surface area contributed by atoms with Crippen molar-refractivity contribution < 1.29 is 14.3 Å². The van der Waals surface area contributed by atoms with Crippen LogP contribution in [0, 0.1) is 0 Å². The SMILES string of the molecule is O=C([C@@H]1CCCN1)N1CC(=S)C(=S)[C@@]1(C(=O)OCc1ccccc1)C1SCCS1. The molecule has 3 aliphatic heterocycles. The molecule has 0 spiro atoms. The first-order chi connectivity index (χ1) is 14.0. The highest BCUT2D eigenvalue weighted by Gasteiger charge is 2.63. The van der Waals surface area contributed by atoms with Gasteiger partial charge in [-0.1, -0.05) is 54.8 Å². The van der Waals surface area contributed by atoms with Crippen LogP contribution in [-0.4, -0.2) is 67.3 Å². The highest BCUT2D eigenvalue weighted by molar-refractivity contribution is 8.20. The van der Waals surface area contributed by atoms with Crippen molar-refractivity contribution in [3.05, 3.63) is 35.9 Å². The Balaban J connectivity index is 1.67. The summed E-state index contributed by atoms with van der Waals surface area (Å²) in [4.78, 5) is 29.5. The van der Waals surface area contributed by atoms with Gasteiger partial charge in [0.2, 0.25) is 5.91 Å². The molecule has 154 valence electrons. The van der Waals surface area contributed by atoms with Crippen LogP contribution < -0.4 is 5.32 Å². The predicted molar refractivity (Wildman–Crippen MR) is 126 cm³/mol. The fraction of sp³-hybridized carbons (Fsp3) is 0.500. The van der Waals surface area contributed by atoms with E-state index in [1.54, 1.807) is 28.4 Å². The first kappa shape index (κ1) is 21.2. The van der Waals surface area contributed by atoms with Crippen molar-refractivity contribution in [2.75, 3.05) is 24.6 Å². The average Bonchev–Trinajstić information content (AvgIpc) is 3.49. The molecule has 3 heterocycles. The van der Waals surface area contributed by atoms with E-state index in [1.807, 2.05) is 30.3 Å². The molecule has 29 heavy (non-hydrogen) atoms. The summed E-state index contributed by atoms with van der Waals surface area (Å²) in [6.45, 7) is 1.16. The van der Waals surface area contributed by atoms with Gasteiger partial charge in [-0.15, -0.1) is 23.5 Å². The smallest absolute Gasteiger partial charge is 0.340 e. The van der Waals surface area contributed by atoms with Crippen LogP contribution in [0.5, 0.6) is 0 Å². The van der Waals surface area contributed by atoms with Crippen LogP contribution >= 0.6 is 48.0 Å². The molecule has 0 saturated carbocycles. The number of hydrogen-bond donors (Lipinski definition) is 1. The Morgan fingerprint density at radius 1 is 1.21 bits per heavy atom. The summed E-state index contributed by atoms with van der Waals surface area (Å²) in [6.07, 6.45) is 1.70. The molecule has 3 saturated heterocycles. The number of hydrogen-bond acceptors (Lipinski definition) is 8. The fourth-order valence-electron chi connectivity index (χ4n) is 3.98. The topological polar surface area (TPSA) is 58.6 Å². The number of benzene rings is 1. The van der Waals surface area contributed by atoms with Crippen LogP contribution in [0.25, 0.3) is 0 Å². The zero-order chi connectivity index (χ0) is 20.4. The van der Waals surface area contributed by atoms with Crippen molar-refractivity contribution in [3.8, 4) is 0 Å². The van der Waals surface area contributed by atoms with Gasteiger partial charge in [0.25, 0.3) is 0 Å². The number of carbonyl (C=O) groups is 2. The molecular formula is C20H22N2O3S4. The van der Waals surface area contributed by atoms with Crippen LogP contribution in [-0.2, 0) is 20.9 Å². The zero-order valence-corrected chi connectivity index (χ0v) is 19.1. The van der Waals surface area contributed by atoms with E-state index in [2.05, 4.69) is 5.32 Å².